The number of carbonyl (C=O) groups is 1. The average molecular weight is 331 g/mol. The van der Waals surface area contributed by atoms with E-state index in [4.69, 9.17) is 9.47 Å². The van der Waals surface area contributed by atoms with Gasteiger partial charge in [-0.15, -0.1) is 0 Å². The second kappa shape index (κ2) is 6.63. The highest BCUT2D eigenvalue weighted by molar-refractivity contribution is 5.80. The van der Waals surface area contributed by atoms with Crippen LogP contribution in [0.5, 0.6) is 0 Å². The van der Waals surface area contributed by atoms with Crippen molar-refractivity contribution in [3.63, 3.8) is 0 Å². The van der Waals surface area contributed by atoms with Crippen molar-refractivity contribution in [2.24, 2.45) is 11.8 Å². The quantitative estimate of drug-likeness (QED) is 0.727. The summed E-state index contributed by atoms with van der Waals surface area (Å²) in [5, 5.41) is 0. The summed E-state index contributed by atoms with van der Waals surface area (Å²) in [6.07, 6.45) is 3.13. The van der Waals surface area contributed by atoms with Crippen LogP contribution in [-0.2, 0) is 14.3 Å². The number of hydrogen-bond acceptors (Lipinski definition) is 3. The van der Waals surface area contributed by atoms with Gasteiger partial charge in [-0.2, -0.15) is 0 Å². The largest absolute Gasteiger partial charge is 0.382 e. The molecule has 2 heterocycles. The summed E-state index contributed by atoms with van der Waals surface area (Å²) >= 11 is 0. The molecule has 0 N–H and O–H groups in total. The normalized spacial score (nSPS) is 29.7. The maximum Gasteiger partial charge on any atom is 0.249 e. The molecule has 1 atom stereocenters. The maximum atomic E-state index is 13.0. The predicted molar refractivity (Wildman–Crippen MR) is 81.4 cm³/mol. The van der Waals surface area contributed by atoms with Crippen LogP contribution in [0, 0.1) is 11.8 Å². The van der Waals surface area contributed by atoms with E-state index >= 15 is 0 Å². The van der Waals surface area contributed by atoms with Crippen molar-refractivity contribution in [3.8, 4) is 0 Å². The molecule has 23 heavy (non-hydrogen) atoms. The summed E-state index contributed by atoms with van der Waals surface area (Å²) in [7, 11) is 0. The van der Waals surface area contributed by atoms with Crippen LogP contribution in [0.2, 0.25) is 0 Å². The smallest absolute Gasteiger partial charge is 0.249 e. The van der Waals surface area contributed by atoms with Gasteiger partial charge in [-0.1, -0.05) is 0 Å². The van der Waals surface area contributed by atoms with Gasteiger partial charge in [-0.25, -0.2) is 8.78 Å². The lowest BCUT2D eigenvalue weighted by atomic mass is 9.76. The molecule has 3 rings (SSSR count). The van der Waals surface area contributed by atoms with Crippen molar-refractivity contribution in [1.29, 1.82) is 0 Å². The van der Waals surface area contributed by atoms with Crippen LogP contribution in [0.15, 0.2) is 0 Å². The van der Waals surface area contributed by atoms with Gasteiger partial charge in [-0.05, 0) is 38.5 Å². The Balaban J connectivity index is 1.50. The molecule has 4 nitrogen and oxygen atoms in total. The summed E-state index contributed by atoms with van der Waals surface area (Å²) in [4.78, 5) is 14.1. The third-order valence-corrected chi connectivity index (χ3v) is 5.78. The number of ether oxygens (including phenoxy) is 2. The summed E-state index contributed by atoms with van der Waals surface area (Å²) in [6.45, 7) is 5.52. The number of halogens is 2. The molecule has 132 valence electrons. The van der Waals surface area contributed by atoms with Crippen LogP contribution in [-0.4, -0.2) is 55.2 Å². The monoisotopic (exact) mass is 331 g/mol. The van der Waals surface area contributed by atoms with Crippen LogP contribution >= 0.6 is 0 Å². The molecule has 3 fully saturated rings. The molecule has 0 aromatic rings. The zero-order valence-corrected chi connectivity index (χ0v) is 13.9. The molecule has 0 aromatic heterocycles. The first kappa shape index (κ1) is 17.1. The molecule has 0 radical (unpaired) electrons. The molecular weight excluding hydrogens is 304 g/mol. The van der Waals surface area contributed by atoms with Crippen molar-refractivity contribution in [1.82, 2.24) is 4.90 Å². The van der Waals surface area contributed by atoms with Gasteiger partial charge in [0.1, 0.15) is 0 Å². The molecule has 2 saturated heterocycles. The first-order valence-electron chi connectivity index (χ1n) is 8.84. The molecule has 1 aliphatic carbocycles. The fraction of sp³-hybridized carbons (Fsp3) is 0.941. The van der Waals surface area contributed by atoms with E-state index in [-0.39, 0.29) is 24.3 Å². The number of carbonyl (C=O) groups excluding carboxylic acids is 1. The topological polar surface area (TPSA) is 38.8 Å². The van der Waals surface area contributed by atoms with E-state index < -0.39 is 11.8 Å². The third-order valence-electron chi connectivity index (χ3n) is 5.78. The second-order valence-corrected chi connectivity index (χ2v) is 7.17. The third kappa shape index (κ3) is 3.53. The lowest BCUT2D eigenvalue weighted by Crippen LogP contribution is -2.53. The minimum atomic E-state index is -2.63. The fourth-order valence-electron chi connectivity index (χ4n) is 4.31. The van der Waals surface area contributed by atoms with E-state index in [0.29, 0.717) is 19.0 Å². The van der Waals surface area contributed by atoms with Gasteiger partial charge in [0.05, 0.1) is 5.60 Å². The van der Waals surface area contributed by atoms with Gasteiger partial charge in [0.15, 0.2) is 0 Å². The van der Waals surface area contributed by atoms with E-state index in [1.54, 1.807) is 4.90 Å². The van der Waals surface area contributed by atoms with E-state index in [1.165, 1.54) is 0 Å². The standard InChI is InChI=1S/C17H27F2NO3/c1-2-22-9-3-14-4-10-23-16(14)5-7-20(8-6-16)15(21)13-11-17(18,19)12-13/h13-14H,2-12H2,1H3/t14-/m1/s1. The van der Waals surface area contributed by atoms with Crippen LogP contribution in [0.1, 0.15) is 45.4 Å². The summed E-state index contributed by atoms with van der Waals surface area (Å²) < 4.78 is 37.4. The second-order valence-electron chi connectivity index (χ2n) is 7.17. The molecule has 2 aliphatic heterocycles. The number of likely N-dealkylation sites (tertiary alicyclic amines) is 1. The Hall–Kier alpha value is -0.750. The molecule has 1 amide bonds. The number of amides is 1. The Morgan fingerprint density at radius 3 is 2.61 bits per heavy atom. The number of alkyl halides is 2. The van der Waals surface area contributed by atoms with Crippen LogP contribution in [0.4, 0.5) is 8.78 Å². The summed E-state index contributed by atoms with van der Waals surface area (Å²) in [5.41, 5.74) is -0.128. The van der Waals surface area contributed by atoms with Crippen molar-refractivity contribution >= 4 is 5.91 Å². The zero-order chi connectivity index (χ0) is 16.5. The first-order valence-corrected chi connectivity index (χ1v) is 8.84. The number of piperidine rings is 1. The van der Waals surface area contributed by atoms with E-state index in [1.807, 2.05) is 6.92 Å². The molecule has 3 aliphatic rings. The minimum Gasteiger partial charge on any atom is -0.382 e. The number of rotatable bonds is 5. The Morgan fingerprint density at radius 1 is 1.30 bits per heavy atom. The van der Waals surface area contributed by atoms with Gasteiger partial charge in [0.2, 0.25) is 11.8 Å². The van der Waals surface area contributed by atoms with Crippen LogP contribution < -0.4 is 0 Å². The summed E-state index contributed by atoms with van der Waals surface area (Å²) in [5.74, 6) is -2.71. The van der Waals surface area contributed by atoms with Crippen molar-refractivity contribution in [2.45, 2.75) is 57.0 Å². The van der Waals surface area contributed by atoms with Gasteiger partial charge in [-0.3, -0.25) is 4.79 Å². The van der Waals surface area contributed by atoms with E-state index in [2.05, 4.69) is 0 Å². The van der Waals surface area contributed by atoms with Crippen LogP contribution in [0.3, 0.4) is 0 Å². The summed E-state index contributed by atoms with van der Waals surface area (Å²) in [6, 6.07) is 0. The highest BCUT2D eigenvalue weighted by Gasteiger charge is 2.51. The average Bonchev–Trinajstić information content (AvgIpc) is 2.88. The predicted octanol–water partition coefficient (Wildman–Crippen LogP) is 2.86. The molecule has 0 bridgehead atoms. The van der Waals surface area contributed by atoms with Crippen LogP contribution in [0.25, 0.3) is 0 Å². The van der Waals surface area contributed by atoms with Gasteiger partial charge >= 0.3 is 0 Å². The SMILES string of the molecule is CCOCC[C@@H]1CCOC12CCN(C(=O)C1CC(F)(F)C1)CC2. The Labute approximate surface area is 136 Å². The van der Waals surface area contributed by atoms with Gasteiger partial charge in [0.25, 0.3) is 0 Å². The zero-order valence-electron chi connectivity index (χ0n) is 13.9. The lowest BCUT2D eigenvalue weighted by molar-refractivity contribution is -0.164. The number of hydrogen-bond donors (Lipinski definition) is 0. The van der Waals surface area contributed by atoms with Crippen molar-refractivity contribution < 1.29 is 23.0 Å². The Morgan fingerprint density at radius 2 is 2.00 bits per heavy atom. The van der Waals surface area contributed by atoms with Gasteiger partial charge < -0.3 is 14.4 Å². The molecule has 6 heteroatoms. The molecule has 1 spiro atoms. The van der Waals surface area contributed by atoms with Crippen molar-refractivity contribution in [2.75, 3.05) is 32.9 Å². The van der Waals surface area contributed by atoms with Gasteiger partial charge in [0, 0.05) is 51.7 Å². The molecular formula is C17H27F2NO3. The molecule has 0 aromatic carbocycles. The molecule has 1 saturated carbocycles. The molecule has 0 unspecified atom stereocenters. The van der Waals surface area contributed by atoms with Crippen molar-refractivity contribution in [3.05, 3.63) is 0 Å². The Bertz CT molecular complexity index is 428. The fourth-order valence-corrected chi connectivity index (χ4v) is 4.31. The Kier molecular flexibility index (Phi) is 4.93. The highest BCUT2D eigenvalue weighted by Crippen LogP contribution is 2.45. The first-order chi connectivity index (χ1) is 11.0. The highest BCUT2D eigenvalue weighted by atomic mass is 19.3. The number of nitrogens with zero attached hydrogens (tertiary/aromatic N) is 1. The van der Waals surface area contributed by atoms with E-state index in [9.17, 15) is 13.6 Å². The van der Waals surface area contributed by atoms with E-state index in [0.717, 1.165) is 45.5 Å². The maximum absolute atomic E-state index is 13.0. The lowest BCUT2D eigenvalue weighted by Gasteiger charge is -2.44. The minimum absolute atomic E-state index is 0.0883.